The number of fused-ring (bicyclic) bond motifs is 1. The van der Waals surface area contributed by atoms with Crippen LogP contribution in [0.15, 0.2) is 23.4 Å². The Morgan fingerprint density at radius 1 is 1.17 bits per heavy atom. The molecule has 0 saturated heterocycles. The van der Waals surface area contributed by atoms with Gasteiger partial charge in [-0.15, -0.1) is 4.91 Å². The number of esters is 1. The third kappa shape index (κ3) is 4.41. The quantitative estimate of drug-likeness (QED) is 0.464. The number of Topliss-reactive ketones (excluding diaryl/α,β-unsaturated/α-hetero) is 1. The van der Waals surface area contributed by atoms with Gasteiger partial charge in [-0.05, 0) is 36.4 Å². The molecule has 128 valence electrons. The van der Waals surface area contributed by atoms with Gasteiger partial charge in [0.25, 0.3) is 0 Å². The van der Waals surface area contributed by atoms with Crippen LogP contribution in [0.4, 0.5) is 5.69 Å². The predicted octanol–water partition coefficient (Wildman–Crippen LogP) is 4.23. The summed E-state index contributed by atoms with van der Waals surface area (Å²) in [5.74, 6) is -1.38. The monoisotopic (exact) mass is 351 g/mol. The number of hydrogen-bond acceptors (Lipinski definition) is 6. The van der Waals surface area contributed by atoms with E-state index >= 15 is 0 Å². The zero-order valence-corrected chi connectivity index (χ0v) is 13.8. The highest BCUT2D eigenvalue weighted by molar-refractivity contribution is 6.34. The van der Waals surface area contributed by atoms with Crippen molar-refractivity contribution < 1.29 is 19.4 Å². The molecule has 1 aliphatic heterocycles. The molecule has 0 aromatic heterocycles. The number of nitroso groups, excluding NO2 is 1. The predicted molar refractivity (Wildman–Crippen MR) is 89.8 cm³/mol. The molecule has 1 aliphatic rings. The summed E-state index contributed by atoms with van der Waals surface area (Å²) >= 11 is 6.10. The van der Waals surface area contributed by atoms with Crippen LogP contribution in [0.1, 0.15) is 48.0 Å². The maximum absolute atomic E-state index is 12.3. The second kappa shape index (κ2) is 8.59. The van der Waals surface area contributed by atoms with E-state index in [0.717, 1.165) is 25.3 Å². The van der Waals surface area contributed by atoms with Crippen LogP contribution in [-0.4, -0.2) is 23.5 Å². The molecule has 0 radical (unpaired) electrons. The number of aromatic hydroxyl groups is 1. The lowest BCUT2D eigenvalue weighted by molar-refractivity contribution is -0.118. The summed E-state index contributed by atoms with van der Waals surface area (Å²) in [6, 6.07) is 1.00. The van der Waals surface area contributed by atoms with Gasteiger partial charge in [-0.1, -0.05) is 23.8 Å². The lowest BCUT2D eigenvalue weighted by Gasteiger charge is -2.14. The highest BCUT2D eigenvalue weighted by Crippen LogP contribution is 2.38. The van der Waals surface area contributed by atoms with Crippen LogP contribution in [-0.2, 0) is 16.0 Å². The number of rotatable bonds is 1. The maximum Gasteiger partial charge on any atom is 0.342 e. The zero-order valence-electron chi connectivity index (χ0n) is 13.1. The Hall–Kier alpha value is -2.21. The standard InChI is InChI=1S/C17H18ClNO5/c18-16-12-9-11(20)7-5-3-1-2-4-6-8-24-17(22)15(12)14(21)10-13(16)19-23/h2,4,10,21H,1,3,5-9H2/b4-2+. The molecule has 0 unspecified atom stereocenters. The number of allylic oxidation sites excluding steroid dienone is 1. The van der Waals surface area contributed by atoms with Gasteiger partial charge < -0.3 is 9.84 Å². The SMILES string of the molecule is O=Nc1cc(O)c2c(c1Cl)CC(=O)CCCC/C=C/CCOC2=O. The van der Waals surface area contributed by atoms with Crippen molar-refractivity contribution in [2.45, 2.75) is 38.5 Å². The second-order valence-electron chi connectivity index (χ2n) is 5.53. The molecular formula is C17H18ClNO5. The molecular weight excluding hydrogens is 334 g/mol. The Morgan fingerprint density at radius 3 is 2.67 bits per heavy atom. The van der Waals surface area contributed by atoms with E-state index in [1.54, 1.807) is 0 Å². The number of halogens is 1. The van der Waals surface area contributed by atoms with E-state index in [-0.39, 0.29) is 40.6 Å². The lowest BCUT2D eigenvalue weighted by Crippen LogP contribution is -2.13. The minimum absolute atomic E-state index is 0.0915. The van der Waals surface area contributed by atoms with Gasteiger partial charge in [0, 0.05) is 18.9 Å². The van der Waals surface area contributed by atoms with Crippen molar-refractivity contribution in [1.29, 1.82) is 0 Å². The molecule has 0 amide bonds. The summed E-state index contributed by atoms with van der Waals surface area (Å²) in [6.07, 6.45) is 7.10. The summed E-state index contributed by atoms with van der Waals surface area (Å²) in [6.45, 7) is 0.146. The topological polar surface area (TPSA) is 93.0 Å². The normalized spacial score (nSPS) is 18.2. The van der Waals surface area contributed by atoms with Gasteiger partial charge in [-0.2, -0.15) is 0 Å². The van der Waals surface area contributed by atoms with E-state index in [1.165, 1.54) is 0 Å². The van der Waals surface area contributed by atoms with Crippen molar-refractivity contribution in [3.63, 3.8) is 0 Å². The Kier molecular flexibility index (Phi) is 6.49. The van der Waals surface area contributed by atoms with E-state index in [0.29, 0.717) is 12.8 Å². The molecule has 1 aromatic carbocycles. The van der Waals surface area contributed by atoms with Crippen LogP contribution in [0.5, 0.6) is 5.75 Å². The maximum atomic E-state index is 12.3. The molecule has 0 bridgehead atoms. The van der Waals surface area contributed by atoms with E-state index in [2.05, 4.69) is 5.18 Å². The fourth-order valence-corrected chi connectivity index (χ4v) is 2.79. The number of ether oxygens (including phenoxy) is 1. The number of carbonyl (C=O) groups excluding carboxylic acids is 2. The summed E-state index contributed by atoms with van der Waals surface area (Å²) in [5.41, 5.74) is -0.298. The van der Waals surface area contributed by atoms with Crippen LogP contribution >= 0.6 is 11.6 Å². The van der Waals surface area contributed by atoms with Gasteiger partial charge in [-0.3, -0.25) is 4.79 Å². The third-order valence-corrected chi connectivity index (χ3v) is 4.18. The molecule has 2 rings (SSSR count). The summed E-state index contributed by atoms with van der Waals surface area (Å²) in [7, 11) is 0. The van der Waals surface area contributed by atoms with Crippen molar-refractivity contribution in [2.24, 2.45) is 5.18 Å². The highest BCUT2D eigenvalue weighted by Gasteiger charge is 2.25. The van der Waals surface area contributed by atoms with Gasteiger partial charge in [0.1, 0.15) is 22.8 Å². The van der Waals surface area contributed by atoms with Crippen molar-refractivity contribution in [3.05, 3.63) is 39.3 Å². The molecule has 6 nitrogen and oxygen atoms in total. The first kappa shape index (κ1) is 18.1. The number of cyclic esters (lactones) is 1. The molecule has 0 saturated carbocycles. The molecule has 0 aliphatic carbocycles. The average molecular weight is 352 g/mol. The first-order valence-corrected chi connectivity index (χ1v) is 8.14. The summed E-state index contributed by atoms with van der Waals surface area (Å²) in [5, 5.41) is 12.7. The summed E-state index contributed by atoms with van der Waals surface area (Å²) in [4.78, 5) is 35.3. The molecule has 1 N–H and O–H groups in total. The lowest BCUT2D eigenvalue weighted by atomic mass is 9.97. The van der Waals surface area contributed by atoms with Gasteiger partial charge in [0.05, 0.1) is 11.6 Å². The Bertz CT molecular complexity index is 684. The largest absolute Gasteiger partial charge is 0.507 e. The van der Waals surface area contributed by atoms with E-state index in [4.69, 9.17) is 16.3 Å². The molecule has 0 spiro atoms. The molecule has 24 heavy (non-hydrogen) atoms. The number of nitrogens with zero attached hydrogens (tertiary/aromatic N) is 1. The fourth-order valence-electron chi connectivity index (χ4n) is 2.54. The van der Waals surface area contributed by atoms with E-state index < -0.39 is 11.7 Å². The van der Waals surface area contributed by atoms with Crippen molar-refractivity contribution >= 4 is 29.0 Å². The molecule has 1 heterocycles. The first-order valence-electron chi connectivity index (χ1n) is 7.76. The number of ketones is 1. The molecule has 1 aromatic rings. The Labute approximate surface area is 144 Å². The summed E-state index contributed by atoms with van der Waals surface area (Å²) < 4.78 is 5.13. The van der Waals surface area contributed by atoms with Gasteiger partial charge in [0.2, 0.25) is 0 Å². The first-order chi connectivity index (χ1) is 11.5. The minimum atomic E-state index is -0.778. The number of benzene rings is 1. The minimum Gasteiger partial charge on any atom is -0.507 e. The van der Waals surface area contributed by atoms with Crippen molar-refractivity contribution in [2.75, 3.05) is 6.61 Å². The Balaban J connectivity index is 2.43. The van der Waals surface area contributed by atoms with Crippen LogP contribution < -0.4 is 0 Å². The van der Waals surface area contributed by atoms with Gasteiger partial charge in [-0.25, -0.2) is 4.79 Å². The fraction of sp³-hybridized carbons (Fsp3) is 0.412. The zero-order chi connectivity index (χ0) is 17.5. The molecule has 0 atom stereocenters. The van der Waals surface area contributed by atoms with Gasteiger partial charge >= 0.3 is 5.97 Å². The molecule has 0 fully saturated rings. The van der Waals surface area contributed by atoms with Crippen LogP contribution in [0.3, 0.4) is 0 Å². The second-order valence-corrected chi connectivity index (χ2v) is 5.91. The Morgan fingerprint density at radius 2 is 1.92 bits per heavy atom. The average Bonchev–Trinajstić information content (AvgIpc) is 2.55. The smallest absolute Gasteiger partial charge is 0.342 e. The van der Waals surface area contributed by atoms with Crippen LogP contribution in [0, 0.1) is 4.91 Å². The third-order valence-electron chi connectivity index (χ3n) is 3.76. The van der Waals surface area contributed by atoms with Crippen molar-refractivity contribution in [3.8, 4) is 5.75 Å². The van der Waals surface area contributed by atoms with Crippen LogP contribution in [0.25, 0.3) is 0 Å². The van der Waals surface area contributed by atoms with Crippen molar-refractivity contribution in [1.82, 2.24) is 0 Å². The van der Waals surface area contributed by atoms with Crippen LogP contribution in [0.2, 0.25) is 5.02 Å². The number of carbonyl (C=O) groups is 2. The number of phenolic OH excluding ortho intramolecular Hbond substituents is 1. The number of hydrogen-bond donors (Lipinski definition) is 1. The van der Waals surface area contributed by atoms with E-state index in [9.17, 15) is 19.6 Å². The van der Waals surface area contributed by atoms with E-state index in [1.807, 2.05) is 12.2 Å². The highest BCUT2D eigenvalue weighted by atomic mass is 35.5. The van der Waals surface area contributed by atoms with Gasteiger partial charge in [0.15, 0.2) is 0 Å². The molecule has 7 heteroatoms. The number of phenols is 1.